The zero-order valence-corrected chi connectivity index (χ0v) is 17.1. The average molecular weight is 406 g/mol. The molecule has 6 heteroatoms. The van der Waals surface area contributed by atoms with E-state index in [1.54, 1.807) is 7.11 Å². The van der Waals surface area contributed by atoms with Gasteiger partial charge in [0.2, 0.25) is 0 Å². The minimum atomic E-state index is -0.686. The topological polar surface area (TPSA) is 75.7 Å². The summed E-state index contributed by atoms with van der Waals surface area (Å²) in [6.07, 6.45) is -0.984. The van der Waals surface area contributed by atoms with Gasteiger partial charge in [-0.15, -0.1) is 0 Å². The van der Waals surface area contributed by atoms with Crippen molar-refractivity contribution in [2.75, 3.05) is 20.3 Å². The molecule has 1 aromatic heterocycles. The van der Waals surface area contributed by atoms with E-state index in [0.29, 0.717) is 18.0 Å². The summed E-state index contributed by atoms with van der Waals surface area (Å²) in [4.78, 5) is 3.40. The predicted octanol–water partition coefficient (Wildman–Crippen LogP) is 4.08. The maximum atomic E-state index is 10.4. The molecule has 0 aliphatic heterocycles. The van der Waals surface area contributed by atoms with E-state index in [1.165, 1.54) is 0 Å². The van der Waals surface area contributed by atoms with Gasteiger partial charge < -0.3 is 24.3 Å². The number of rotatable bonds is 9. The summed E-state index contributed by atoms with van der Waals surface area (Å²) < 4.78 is 17.1. The van der Waals surface area contributed by atoms with Crippen LogP contribution in [-0.4, -0.2) is 42.7 Å². The third-order valence-corrected chi connectivity index (χ3v) is 4.94. The molecule has 156 valence electrons. The summed E-state index contributed by atoms with van der Waals surface area (Å²) in [7, 11) is 1.61. The molecule has 0 spiro atoms. The molecule has 0 saturated heterocycles. The van der Waals surface area contributed by atoms with Crippen molar-refractivity contribution in [1.82, 2.24) is 10.3 Å². The molecule has 0 amide bonds. The van der Waals surface area contributed by atoms with Gasteiger partial charge in [-0.2, -0.15) is 0 Å². The summed E-state index contributed by atoms with van der Waals surface area (Å²) in [6.45, 7) is 2.39. The largest absolute Gasteiger partial charge is 0.493 e. The van der Waals surface area contributed by atoms with Gasteiger partial charge in [0.1, 0.15) is 24.7 Å². The molecule has 0 bridgehead atoms. The number of hydrogen-bond donors (Lipinski definition) is 3. The Morgan fingerprint density at radius 3 is 2.43 bits per heavy atom. The van der Waals surface area contributed by atoms with Gasteiger partial charge in [-0.3, -0.25) is 5.32 Å². The summed E-state index contributed by atoms with van der Waals surface area (Å²) in [5.74, 6) is 2.07. The van der Waals surface area contributed by atoms with Crippen LogP contribution in [-0.2, 0) is 0 Å². The highest BCUT2D eigenvalue weighted by Crippen LogP contribution is 2.33. The van der Waals surface area contributed by atoms with Crippen LogP contribution in [0.3, 0.4) is 0 Å². The van der Waals surface area contributed by atoms with E-state index in [-0.39, 0.29) is 12.8 Å². The van der Waals surface area contributed by atoms with Crippen molar-refractivity contribution < 1.29 is 19.3 Å². The molecule has 4 aromatic rings. The summed E-state index contributed by atoms with van der Waals surface area (Å²) in [6, 6.07) is 21.5. The lowest BCUT2D eigenvalue weighted by Crippen LogP contribution is -2.39. The SMILES string of the molecule is COc1ccccc1OC(C)NCC(O)COc1cccc2[nH]c3ccccc3c12. The smallest absolute Gasteiger partial charge is 0.163 e. The van der Waals surface area contributed by atoms with Gasteiger partial charge in [0.25, 0.3) is 0 Å². The third kappa shape index (κ3) is 4.35. The maximum absolute atomic E-state index is 10.4. The van der Waals surface area contributed by atoms with Crippen molar-refractivity contribution in [2.24, 2.45) is 0 Å². The minimum Gasteiger partial charge on any atom is -0.493 e. The van der Waals surface area contributed by atoms with Gasteiger partial charge in [-0.1, -0.05) is 36.4 Å². The monoisotopic (exact) mass is 406 g/mol. The number of aromatic nitrogens is 1. The Kier molecular flexibility index (Phi) is 6.07. The molecule has 0 radical (unpaired) electrons. The van der Waals surface area contributed by atoms with Gasteiger partial charge in [0, 0.05) is 22.8 Å². The summed E-state index contributed by atoms with van der Waals surface area (Å²) >= 11 is 0. The molecule has 2 atom stereocenters. The zero-order chi connectivity index (χ0) is 20.9. The van der Waals surface area contributed by atoms with Gasteiger partial charge in [0.05, 0.1) is 12.6 Å². The average Bonchev–Trinajstić information content (AvgIpc) is 3.16. The van der Waals surface area contributed by atoms with Gasteiger partial charge in [0.15, 0.2) is 11.5 Å². The van der Waals surface area contributed by atoms with Crippen molar-refractivity contribution in [2.45, 2.75) is 19.3 Å². The molecule has 0 aliphatic rings. The fourth-order valence-corrected chi connectivity index (χ4v) is 3.48. The third-order valence-electron chi connectivity index (χ3n) is 4.94. The molecule has 3 aromatic carbocycles. The fourth-order valence-electron chi connectivity index (χ4n) is 3.48. The highest BCUT2D eigenvalue weighted by Gasteiger charge is 2.13. The Morgan fingerprint density at radius 1 is 0.900 bits per heavy atom. The number of para-hydroxylation sites is 3. The Morgan fingerprint density at radius 2 is 1.60 bits per heavy atom. The van der Waals surface area contributed by atoms with Gasteiger partial charge >= 0.3 is 0 Å². The molecule has 2 unspecified atom stereocenters. The standard InChI is InChI=1S/C24H26N2O4/c1-16(30-22-12-6-5-11-21(22)28-2)25-14-17(27)15-29-23-13-7-10-20-24(23)18-8-3-4-9-19(18)26-20/h3-13,16-17,25-27H,14-15H2,1-2H3. The number of aromatic amines is 1. The Bertz CT molecular complexity index is 1120. The number of fused-ring (bicyclic) bond motifs is 3. The van der Waals surface area contributed by atoms with Crippen molar-refractivity contribution >= 4 is 21.8 Å². The van der Waals surface area contributed by atoms with E-state index in [4.69, 9.17) is 14.2 Å². The van der Waals surface area contributed by atoms with Gasteiger partial charge in [-0.25, -0.2) is 0 Å². The van der Waals surface area contributed by atoms with Gasteiger partial charge in [-0.05, 0) is 37.3 Å². The molecule has 0 saturated carbocycles. The maximum Gasteiger partial charge on any atom is 0.163 e. The predicted molar refractivity (Wildman–Crippen MR) is 118 cm³/mol. The first-order valence-corrected chi connectivity index (χ1v) is 9.99. The first-order valence-electron chi connectivity index (χ1n) is 9.99. The second-order valence-corrected chi connectivity index (χ2v) is 7.13. The van der Waals surface area contributed by atoms with Crippen LogP contribution in [0.4, 0.5) is 0 Å². The lowest BCUT2D eigenvalue weighted by atomic mass is 10.1. The van der Waals surface area contributed by atoms with E-state index in [1.807, 2.05) is 67.6 Å². The van der Waals surface area contributed by atoms with E-state index >= 15 is 0 Å². The number of nitrogens with one attached hydrogen (secondary N) is 2. The van der Waals surface area contributed by atoms with E-state index < -0.39 is 6.10 Å². The van der Waals surface area contributed by atoms with Crippen LogP contribution in [0.15, 0.2) is 66.7 Å². The summed E-state index contributed by atoms with van der Waals surface area (Å²) in [5.41, 5.74) is 2.08. The lowest BCUT2D eigenvalue weighted by Gasteiger charge is -2.20. The molecule has 0 aliphatic carbocycles. The Hall–Kier alpha value is -3.22. The van der Waals surface area contributed by atoms with Crippen molar-refractivity contribution in [3.8, 4) is 17.2 Å². The van der Waals surface area contributed by atoms with Crippen LogP contribution in [0.1, 0.15) is 6.92 Å². The van der Waals surface area contributed by atoms with Crippen LogP contribution in [0.5, 0.6) is 17.2 Å². The number of aliphatic hydroxyl groups excluding tert-OH is 1. The summed E-state index contributed by atoms with van der Waals surface area (Å²) in [5, 5.41) is 15.7. The molecule has 6 nitrogen and oxygen atoms in total. The highest BCUT2D eigenvalue weighted by molar-refractivity contribution is 6.10. The highest BCUT2D eigenvalue weighted by atomic mass is 16.5. The Labute approximate surface area is 175 Å². The molecule has 0 fully saturated rings. The normalized spacial score (nSPS) is 13.3. The van der Waals surface area contributed by atoms with Crippen molar-refractivity contribution in [3.05, 3.63) is 66.7 Å². The molecular formula is C24H26N2O4. The van der Waals surface area contributed by atoms with Crippen LogP contribution in [0.25, 0.3) is 21.8 Å². The van der Waals surface area contributed by atoms with E-state index in [9.17, 15) is 5.11 Å². The van der Waals surface area contributed by atoms with Crippen molar-refractivity contribution in [3.63, 3.8) is 0 Å². The Balaban J connectivity index is 1.34. The number of ether oxygens (including phenoxy) is 3. The lowest BCUT2D eigenvalue weighted by molar-refractivity contribution is 0.0866. The van der Waals surface area contributed by atoms with E-state index in [0.717, 1.165) is 27.6 Å². The number of aliphatic hydroxyl groups is 1. The zero-order valence-electron chi connectivity index (χ0n) is 17.1. The quantitative estimate of drug-likeness (QED) is 0.365. The van der Waals surface area contributed by atoms with Crippen LogP contribution < -0.4 is 19.5 Å². The number of methoxy groups -OCH3 is 1. The molecule has 3 N–H and O–H groups in total. The molecule has 1 heterocycles. The van der Waals surface area contributed by atoms with Crippen LogP contribution in [0, 0.1) is 0 Å². The first-order chi connectivity index (χ1) is 14.7. The number of hydrogen-bond acceptors (Lipinski definition) is 5. The number of H-pyrrole nitrogens is 1. The second kappa shape index (κ2) is 9.07. The molecule has 30 heavy (non-hydrogen) atoms. The molecule has 4 rings (SSSR count). The van der Waals surface area contributed by atoms with Crippen molar-refractivity contribution in [1.29, 1.82) is 0 Å². The second-order valence-electron chi connectivity index (χ2n) is 7.13. The first kappa shape index (κ1) is 20.1. The van der Waals surface area contributed by atoms with E-state index in [2.05, 4.69) is 16.4 Å². The minimum absolute atomic E-state index is 0.174. The van der Waals surface area contributed by atoms with Crippen LogP contribution >= 0.6 is 0 Å². The number of benzene rings is 3. The van der Waals surface area contributed by atoms with Crippen LogP contribution in [0.2, 0.25) is 0 Å². The fraction of sp³-hybridized carbons (Fsp3) is 0.250. The molecular weight excluding hydrogens is 380 g/mol.